The predicted molar refractivity (Wildman–Crippen MR) is 109 cm³/mol. The largest absolute Gasteiger partial charge is 0.322 e. The molecule has 3 aromatic heterocycles. The molecule has 0 saturated heterocycles. The lowest BCUT2D eigenvalue weighted by Gasteiger charge is -2.07. The molecule has 4 nitrogen and oxygen atoms in total. The molecule has 0 aliphatic carbocycles. The maximum atomic E-state index is 11.9. The van der Waals surface area contributed by atoms with Crippen LogP contribution in [-0.4, -0.2) is 20.3 Å². The summed E-state index contributed by atoms with van der Waals surface area (Å²) in [5.74, 6) is 0.166. The van der Waals surface area contributed by atoms with Crippen LogP contribution in [0.15, 0.2) is 67.5 Å². The van der Waals surface area contributed by atoms with E-state index in [1.54, 1.807) is 17.7 Å². The van der Waals surface area contributed by atoms with Gasteiger partial charge < -0.3 is 4.57 Å². The molecule has 3 heterocycles. The number of nitrogens with zero attached hydrogens (tertiary/aromatic N) is 3. The molecule has 4 aromatic rings. The molecular formula is C22H19N3OS. The van der Waals surface area contributed by atoms with Gasteiger partial charge in [-0.15, -0.1) is 11.3 Å². The molecule has 0 aliphatic heterocycles. The van der Waals surface area contributed by atoms with E-state index in [1.165, 1.54) is 10.4 Å². The van der Waals surface area contributed by atoms with Crippen LogP contribution in [0.25, 0.3) is 26.6 Å². The van der Waals surface area contributed by atoms with Gasteiger partial charge in [0.15, 0.2) is 5.78 Å². The molecule has 134 valence electrons. The zero-order chi connectivity index (χ0) is 18.8. The Hall–Kier alpha value is -3.05. The standard InChI is InChI=1S/C22H19N3OS/c1-3-19(26)16-6-8-17(9-7-16)21-15(2)20(25-10-4-5-11-25)22(27-21)18-12-23-14-24-13-18/h4-14H,3H2,1-2H3. The molecule has 0 aliphatic rings. The summed E-state index contributed by atoms with van der Waals surface area (Å²) < 4.78 is 2.13. The molecule has 0 spiro atoms. The highest BCUT2D eigenvalue weighted by Gasteiger charge is 2.19. The summed E-state index contributed by atoms with van der Waals surface area (Å²) >= 11 is 1.72. The minimum Gasteiger partial charge on any atom is -0.322 e. The van der Waals surface area contributed by atoms with Crippen molar-refractivity contribution >= 4 is 17.1 Å². The number of benzene rings is 1. The maximum Gasteiger partial charge on any atom is 0.162 e. The minimum absolute atomic E-state index is 0.166. The van der Waals surface area contributed by atoms with Crippen molar-refractivity contribution in [2.45, 2.75) is 20.3 Å². The van der Waals surface area contributed by atoms with Gasteiger partial charge in [0.05, 0.1) is 10.6 Å². The Morgan fingerprint density at radius 2 is 1.67 bits per heavy atom. The second kappa shape index (κ2) is 7.29. The van der Waals surface area contributed by atoms with Crippen molar-refractivity contribution < 1.29 is 4.79 Å². The summed E-state index contributed by atoms with van der Waals surface area (Å²) in [6.07, 6.45) is 9.86. The van der Waals surface area contributed by atoms with E-state index in [9.17, 15) is 4.79 Å². The predicted octanol–water partition coefficient (Wildman–Crippen LogP) is 5.56. The second-order valence-electron chi connectivity index (χ2n) is 6.31. The SMILES string of the molecule is CCC(=O)c1ccc(-c2sc(-c3cncnc3)c(-n3cccc3)c2C)cc1. The fraction of sp³-hybridized carbons (Fsp3) is 0.136. The highest BCUT2D eigenvalue weighted by Crippen LogP contribution is 2.43. The third kappa shape index (κ3) is 3.22. The third-order valence-corrected chi connectivity index (χ3v) is 5.97. The zero-order valence-electron chi connectivity index (χ0n) is 15.2. The van der Waals surface area contributed by atoms with Crippen molar-refractivity contribution in [3.8, 4) is 26.6 Å². The molecule has 0 N–H and O–H groups in total. The molecule has 4 rings (SSSR count). The van der Waals surface area contributed by atoms with Crippen molar-refractivity contribution in [2.75, 3.05) is 0 Å². The number of aromatic nitrogens is 3. The summed E-state index contributed by atoms with van der Waals surface area (Å²) in [5.41, 5.74) is 5.21. The third-order valence-electron chi connectivity index (χ3n) is 4.59. The second-order valence-corrected chi connectivity index (χ2v) is 7.33. The Balaban J connectivity index is 1.86. The molecule has 27 heavy (non-hydrogen) atoms. The number of rotatable bonds is 5. The number of carbonyl (C=O) groups excluding carboxylic acids is 1. The molecule has 0 radical (unpaired) electrons. The van der Waals surface area contributed by atoms with Gasteiger partial charge in [-0.25, -0.2) is 9.97 Å². The van der Waals surface area contributed by atoms with Crippen molar-refractivity contribution in [1.29, 1.82) is 0 Å². The Morgan fingerprint density at radius 3 is 2.30 bits per heavy atom. The summed E-state index contributed by atoms with van der Waals surface area (Å²) in [5, 5.41) is 0. The molecule has 0 bridgehead atoms. The first-order valence-corrected chi connectivity index (χ1v) is 9.66. The van der Waals surface area contributed by atoms with Crippen LogP contribution in [0.1, 0.15) is 29.3 Å². The van der Waals surface area contributed by atoms with E-state index in [2.05, 4.69) is 33.9 Å². The number of ketones is 1. The van der Waals surface area contributed by atoms with Gasteiger partial charge in [0.2, 0.25) is 0 Å². The number of hydrogen-bond acceptors (Lipinski definition) is 4. The first-order valence-electron chi connectivity index (χ1n) is 8.84. The first-order chi connectivity index (χ1) is 13.2. The molecule has 0 amide bonds. The lowest BCUT2D eigenvalue weighted by Crippen LogP contribution is -1.95. The van der Waals surface area contributed by atoms with Gasteiger partial charge in [0.1, 0.15) is 6.33 Å². The Labute approximate surface area is 162 Å². The maximum absolute atomic E-state index is 11.9. The average Bonchev–Trinajstić information content (AvgIpc) is 3.36. The van der Waals surface area contributed by atoms with Gasteiger partial charge in [0, 0.05) is 47.2 Å². The van der Waals surface area contributed by atoms with Gasteiger partial charge in [-0.3, -0.25) is 4.79 Å². The Kier molecular flexibility index (Phi) is 4.69. The zero-order valence-corrected chi connectivity index (χ0v) is 16.0. The van der Waals surface area contributed by atoms with Crippen molar-refractivity contribution in [3.63, 3.8) is 0 Å². The van der Waals surface area contributed by atoms with Crippen LogP contribution in [0.2, 0.25) is 0 Å². The molecule has 0 saturated carbocycles. The summed E-state index contributed by atoms with van der Waals surface area (Å²) in [6.45, 7) is 4.02. The number of carbonyl (C=O) groups is 1. The van der Waals surface area contributed by atoms with Gasteiger partial charge in [0.25, 0.3) is 0 Å². The normalized spacial score (nSPS) is 10.9. The van der Waals surface area contributed by atoms with Gasteiger partial charge in [-0.05, 0) is 30.2 Å². The van der Waals surface area contributed by atoms with Gasteiger partial charge >= 0.3 is 0 Å². The summed E-state index contributed by atoms with van der Waals surface area (Å²) in [7, 11) is 0. The van der Waals surface area contributed by atoms with E-state index in [-0.39, 0.29) is 5.78 Å². The van der Waals surface area contributed by atoms with Crippen LogP contribution in [-0.2, 0) is 0 Å². The van der Waals surface area contributed by atoms with Crippen LogP contribution in [0, 0.1) is 6.92 Å². The molecule has 0 unspecified atom stereocenters. The highest BCUT2D eigenvalue weighted by atomic mass is 32.1. The van der Waals surface area contributed by atoms with E-state index in [0.29, 0.717) is 6.42 Å². The fourth-order valence-corrected chi connectivity index (χ4v) is 4.48. The quantitative estimate of drug-likeness (QED) is 0.430. The molecular weight excluding hydrogens is 354 g/mol. The Morgan fingerprint density at radius 1 is 1.00 bits per heavy atom. The minimum atomic E-state index is 0.166. The van der Waals surface area contributed by atoms with E-state index in [0.717, 1.165) is 27.3 Å². The average molecular weight is 373 g/mol. The van der Waals surface area contributed by atoms with Crippen molar-refractivity contribution in [3.05, 3.63) is 78.6 Å². The van der Waals surface area contributed by atoms with E-state index < -0.39 is 0 Å². The molecule has 0 atom stereocenters. The smallest absolute Gasteiger partial charge is 0.162 e. The number of thiophene rings is 1. The van der Waals surface area contributed by atoms with Crippen LogP contribution in [0.4, 0.5) is 0 Å². The van der Waals surface area contributed by atoms with Crippen LogP contribution >= 0.6 is 11.3 Å². The molecule has 5 heteroatoms. The lowest BCUT2D eigenvalue weighted by atomic mass is 10.0. The lowest BCUT2D eigenvalue weighted by molar-refractivity contribution is 0.0988. The van der Waals surface area contributed by atoms with Crippen molar-refractivity contribution in [1.82, 2.24) is 14.5 Å². The topological polar surface area (TPSA) is 47.8 Å². The van der Waals surface area contributed by atoms with Crippen LogP contribution in [0.5, 0.6) is 0 Å². The van der Waals surface area contributed by atoms with Crippen LogP contribution in [0.3, 0.4) is 0 Å². The monoisotopic (exact) mass is 373 g/mol. The Bertz CT molecular complexity index is 1060. The summed E-state index contributed by atoms with van der Waals surface area (Å²) in [6, 6.07) is 11.9. The molecule has 0 fully saturated rings. The molecule has 1 aromatic carbocycles. The van der Waals surface area contributed by atoms with E-state index in [4.69, 9.17) is 0 Å². The van der Waals surface area contributed by atoms with E-state index in [1.807, 2.05) is 55.7 Å². The summed E-state index contributed by atoms with van der Waals surface area (Å²) in [4.78, 5) is 22.6. The number of hydrogen-bond donors (Lipinski definition) is 0. The highest BCUT2D eigenvalue weighted by molar-refractivity contribution is 7.19. The van der Waals surface area contributed by atoms with E-state index >= 15 is 0 Å². The van der Waals surface area contributed by atoms with Gasteiger partial charge in [-0.2, -0.15) is 0 Å². The van der Waals surface area contributed by atoms with Crippen LogP contribution < -0.4 is 0 Å². The first kappa shape index (κ1) is 17.4. The van der Waals surface area contributed by atoms with Gasteiger partial charge in [-0.1, -0.05) is 31.2 Å². The van der Waals surface area contributed by atoms with Crippen molar-refractivity contribution in [2.24, 2.45) is 0 Å². The number of Topliss-reactive ketones (excluding diaryl/α,β-unsaturated/α-hetero) is 1. The fourth-order valence-electron chi connectivity index (χ4n) is 3.20.